The fourth-order valence-electron chi connectivity index (χ4n) is 2.19. The van der Waals surface area contributed by atoms with Crippen molar-refractivity contribution in [2.24, 2.45) is 0 Å². The minimum absolute atomic E-state index is 0.0591. The summed E-state index contributed by atoms with van der Waals surface area (Å²) in [5.74, 6) is -0.754. The summed E-state index contributed by atoms with van der Waals surface area (Å²) in [6.45, 7) is -0.0591. The molecule has 0 aliphatic rings. The molecule has 4 nitrogen and oxygen atoms in total. The highest BCUT2D eigenvalue weighted by molar-refractivity contribution is 7.13. The first-order valence-electron chi connectivity index (χ1n) is 7.28. The van der Waals surface area contributed by atoms with E-state index < -0.39 is 11.8 Å². The third-order valence-electron chi connectivity index (χ3n) is 3.39. The van der Waals surface area contributed by atoms with E-state index in [1.165, 1.54) is 23.5 Å². The van der Waals surface area contributed by atoms with Crippen LogP contribution in [0.15, 0.2) is 47.8 Å². The van der Waals surface area contributed by atoms with Crippen LogP contribution < -0.4 is 4.74 Å². The number of ether oxygens (including phenoxy) is 2. The average Bonchev–Trinajstić information content (AvgIpc) is 3.10. The van der Waals surface area contributed by atoms with Crippen molar-refractivity contribution in [3.05, 3.63) is 69.9 Å². The van der Waals surface area contributed by atoms with Crippen LogP contribution in [0, 0.1) is 5.82 Å². The zero-order chi connectivity index (χ0) is 17.8. The van der Waals surface area contributed by atoms with Gasteiger partial charge < -0.3 is 9.47 Å². The van der Waals surface area contributed by atoms with Gasteiger partial charge in [0.15, 0.2) is 0 Å². The van der Waals surface area contributed by atoms with Crippen molar-refractivity contribution in [2.45, 2.75) is 6.61 Å². The molecule has 0 bridgehead atoms. The molecule has 1 aromatic heterocycles. The number of carbonyl (C=O) groups is 1. The zero-order valence-corrected chi connectivity index (χ0v) is 14.7. The molecule has 0 saturated carbocycles. The molecule has 128 valence electrons. The topological polar surface area (TPSA) is 48.4 Å². The summed E-state index contributed by atoms with van der Waals surface area (Å²) in [5.41, 5.74) is 1.22. The van der Waals surface area contributed by atoms with Crippen LogP contribution >= 0.6 is 22.9 Å². The van der Waals surface area contributed by atoms with Crippen LogP contribution in [-0.2, 0) is 11.3 Å². The van der Waals surface area contributed by atoms with E-state index >= 15 is 0 Å². The second-order valence-electron chi connectivity index (χ2n) is 5.04. The molecule has 0 spiro atoms. The van der Waals surface area contributed by atoms with Gasteiger partial charge in [-0.15, -0.1) is 11.3 Å². The van der Waals surface area contributed by atoms with Crippen molar-refractivity contribution in [3.63, 3.8) is 0 Å². The SMILES string of the molecule is COc1ccccc1-c1nc(COC(=O)c2cc(Cl)ccc2F)cs1. The summed E-state index contributed by atoms with van der Waals surface area (Å²) in [7, 11) is 1.59. The molecule has 0 N–H and O–H groups in total. The van der Waals surface area contributed by atoms with Gasteiger partial charge in [-0.05, 0) is 30.3 Å². The number of halogens is 2. The van der Waals surface area contributed by atoms with Crippen LogP contribution in [0.1, 0.15) is 16.1 Å². The lowest BCUT2D eigenvalue weighted by Gasteiger charge is -2.05. The molecule has 0 amide bonds. The Hall–Kier alpha value is -2.44. The van der Waals surface area contributed by atoms with E-state index in [1.54, 1.807) is 12.5 Å². The Morgan fingerprint density at radius 3 is 2.88 bits per heavy atom. The summed E-state index contributed by atoms with van der Waals surface area (Å²) < 4.78 is 24.1. The lowest BCUT2D eigenvalue weighted by atomic mass is 10.2. The molecule has 25 heavy (non-hydrogen) atoms. The molecule has 1 heterocycles. The molecular formula is C18H13ClFNO3S. The predicted octanol–water partition coefficient (Wildman–Crippen LogP) is 4.97. The Balaban J connectivity index is 1.72. The number of benzene rings is 2. The smallest absolute Gasteiger partial charge is 0.341 e. The molecule has 0 unspecified atom stereocenters. The monoisotopic (exact) mass is 377 g/mol. The van der Waals surface area contributed by atoms with Crippen molar-refractivity contribution in [2.75, 3.05) is 7.11 Å². The quantitative estimate of drug-likeness (QED) is 0.589. The van der Waals surface area contributed by atoms with E-state index in [2.05, 4.69) is 4.98 Å². The van der Waals surface area contributed by atoms with Gasteiger partial charge in [0.05, 0.1) is 23.9 Å². The fraction of sp³-hybridized carbons (Fsp3) is 0.111. The summed E-state index contributed by atoms with van der Waals surface area (Å²) in [6.07, 6.45) is 0. The molecule has 3 rings (SSSR count). The number of hydrogen-bond donors (Lipinski definition) is 0. The van der Waals surface area contributed by atoms with Gasteiger partial charge >= 0.3 is 5.97 Å². The predicted molar refractivity (Wildman–Crippen MR) is 94.6 cm³/mol. The molecule has 0 fully saturated rings. The number of para-hydroxylation sites is 1. The maximum atomic E-state index is 13.7. The number of hydrogen-bond acceptors (Lipinski definition) is 5. The summed E-state index contributed by atoms with van der Waals surface area (Å²) in [5, 5.41) is 2.79. The van der Waals surface area contributed by atoms with Crippen molar-refractivity contribution in [3.8, 4) is 16.3 Å². The minimum Gasteiger partial charge on any atom is -0.496 e. The maximum Gasteiger partial charge on any atom is 0.341 e. The molecule has 0 atom stereocenters. The molecule has 0 aliphatic carbocycles. The van der Waals surface area contributed by atoms with Gasteiger partial charge in [0.1, 0.15) is 23.2 Å². The molecule has 0 aliphatic heterocycles. The number of esters is 1. The van der Waals surface area contributed by atoms with Crippen LogP contribution in [0.5, 0.6) is 5.75 Å². The number of methoxy groups -OCH3 is 1. The number of nitrogens with zero attached hydrogens (tertiary/aromatic N) is 1. The molecule has 2 aromatic carbocycles. The van der Waals surface area contributed by atoms with Gasteiger partial charge in [-0.1, -0.05) is 23.7 Å². The number of carbonyl (C=O) groups excluding carboxylic acids is 1. The van der Waals surface area contributed by atoms with Gasteiger partial charge in [0.2, 0.25) is 0 Å². The summed E-state index contributed by atoms with van der Waals surface area (Å²) in [4.78, 5) is 16.4. The molecule has 0 radical (unpaired) electrons. The lowest BCUT2D eigenvalue weighted by Crippen LogP contribution is -2.07. The lowest BCUT2D eigenvalue weighted by molar-refractivity contribution is 0.0463. The number of rotatable bonds is 5. The van der Waals surface area contributed by atoms with Gasteiger partial charge in [0, 0.05) is 10.4 Å². The van der Waals surface area contributed by atoms with Crippen LogP contribution in [0.4, 0.5) is 4.39 Å². The molecule has 3 aromatic rings. The third kappa shape index (κ3) is 3.97. The average molecular weight is 378 g/mol. The maximum absolute atomic E-state index is 13.7. The van der Waals surface area contributed by atoms with E-state index in [9.17, 15) is 9.18 Å². The standard InChI is InChI=1S/C18H13ClFNO3S/c1-23-16-5-3-2-4-13(16)17-21-12(10-25-17)9-24-18(22)14-8-11(19)6-7-15(14)20/h2-8,10H,9H2,1H3. The van der Waals surface area contributed by atoms with Crippen LogP contribution in [0.25, 0.3) is 10.6 Å². The van der Waals surface area contributed by atoms with Gasteiger partial charge in [-0.25, -0.2) is 14.2 Å². The van der Waals surface area contributed by atoms with Crippen LogP contribution in [0.3, 0.4) is 0 Å². The first-order valence-corrected chi connectivity index (χ1v) is 8.54. The fourth-order valence-corrected chi connectivity index (χ4v) is 3.20. The van der Waals surface area contributed by atoms with E-state index in [4.69, 9.17) is 21.1 Å². The van der Waals surface area contributed by atoms with E-state index in [0.717, 1.165) is 16.6 Å². The van der Waals surface area contributed by atoms with E-state index in [-0.39, 0.29) is 17.2 Å². The first-order chi connectivity index (χ1) is 12.1. The first kappa shape index (κ1) is 17.4. The Labute approximate surface area is 152 Å². The van der Waals surface area contributed by atoms with E-state index in [0.29, 0.717) is 11.4 Å². The highest BCUT2D eigenvalue weighted by Crippen LogP contribution is 2.32. The normalized spacial score (nSPS) is 10.5. The van der Waals surface area contributed by atoms with Gasteiger partial charge in [-0.3, -0.25) is 0 Å². The zero-order valence-electron chi connectivity index (χ0n) is 13.2. The van der Waals surface area contributed by atoms with Gasteiger partial charge in [-0.2, -0.15) is 0 Å². The van der Waals surface area contributed by atoms with Crippen LogP contribution in [0.2, 0.25) is 5.02 Å². The summed E-state index contributed by atoms with van der Waals surface area (Å²) >= 11 is 7.19. The Kier molecular flexibility index (Phi) is 5.31. The Bertz CT molecular complexity index is 913. The molecule has 7 heteroatoms. The minimum atomic E-state index is -0.785. The second kappa shape index (κ2) is 7.63. The number of aromatic nitrogens is 1. The largest absolute Gasteiger partial charge is 0.496 e. The second-order valence-corrected chi connectivity index (χ2v) is 6.34. The highest BCUT2D eigenvalue weighted by Gasteiger charge is 2.15. The Morgan fingerprint density at radius 2 is 2.08 bits per heavy atom. The number of thiazole rings is 1. The van der Waals surface area contributed by atoms with Crippen molar-refractivity contribution in [1.82, 2.24) is 4.98 Å². The summed E-state index contributed by atoms with van der Waals surface area (Å²) in [6, 6.07) is 11.2. The van der Waals surface area contributed by atoms with Gasteiger partial charge in [0.25, 0.3) is 0 Å². The van der Waals surface area contributed by atoms with Crippen LogP contribution in [-0.4, -0.2) is 18.1 Å². The molecule has 0 saturated heterocycles. The Morgan fingerprint density at radius 1 is 1.28 bits per heavy atom. The highest BCUT2D eigenvalue weighted by atomic mass is 35.5. The van der Waals surface area contributed by atoms with Crippen molar-refractivity contribution in [1.29, 1.82) is 0 Å². The van der Waals surface area contributed by atoms with Crippen molar-refractivity contribution >= 4 is 28.9 Å². The van der Waals surface area contributed by atoms with E-state index in [1.807, 2.05) is 24.3 Å². The van der Waals surface area contributed by atoms with Crippen molar-refractivity contribution < 1.29 is 18.7 Å². The third-order valence-corrected chi connectivity index (χ3v) is 4.55. The molecular weight excluding hydrogens is 365 g/mol.